The molecule has 0 aliphatic heterocycles. The Bertz CT molecular complexity index is 894. The summed E-state index contributed by atoms with van der Waals surface area (Å²) in [5.41, 5.74) is 1.70. The zero-order valence-electron chi connectivity index (χ0n) is 13.0. The molecule has 4 nitrogen and oxygen atoms in total. The molecule has 0 amide bonds. The van der Waals surface area contributed by atoms with Gasteiger partial charge in [-0.05, 0) is 29.8 Å². The van der Waals surface area contributed by atoms with Crippen LogP contribution >= 0.6 is 11.6 Å². The summed E-state index contributed by atoms with van der Waals surface area (Å²) in [5.74, 6) is -0.286. The van der Waals surface area contributed by atoms with Crippen LogP contribution in [0.1, 0.15) is 5.56 Å². The van der Waals surface area contributed by atoms with Crippen molar-refractivity contribution in [3.8, 4) is 5.69 Å². The predicted octanol–water partition coefficient (Wildman–Crippen LogP) is 3.66. The van der Waals surface area contributed by atoms with Crippen molar-refractivity contribution in [3.05, 3.63) is 87.6 Å². The minimum atomic E-state index is -0.383. The summed E-state index contributed by atoms with van der Waals surface area (Å²) in [6, 6.07) is 15.3. The molecule has 0 aliphatic carbocycles. The van der Waals surface area contributed by atoms with Crippen LogP contribution in [0.4, 0.5) is 10.1 Å². The topological polar surface area (TPSA) is 38.1 Å². The zero-order valence-corrected chi connectivity index (χ0v) is 13.7. The minimum absolute atomic E-state index is 0.0958. The Kier molecular flexibility index (Phi) is 4.62. The number of hydrogen-bond donors (Lipinski definition) is 0. The highest BCUT2D eigenvalue weighted by Crippen LogP contribution is 2.22. The highest BCUT2D eigenvalue weighted by molar-refractivity contribution is 6.33. The van der Waals surface area contributed by atoms with Gasteiger partial charge in [0.15, 0.2) is 0 Å². The van der Waals surface area contributed by atoms with Gasteiger partial charge in [0, 0.05) is 13.6 Å². The summed E-state index contributed by atoms with van der Waals surface area (Å²) in [6.07, 6.45) is 1.56. The van der Waals surface area contributed by atoms with E-state index in [2.05, 4.69) is 5.10 Å². The van der Waals surface area contributed by atoms with Gasteiger partial charge in [-0.2, -0.15) is 9.78 Å². The lowest BCUT2D eigenvalue weighted by atomic mass is 10.2. The molecule has 0 atom stereocenters. The van der Waals surface area contributed by atoms with E-state index in [1.165, 1.54) is 16.8 Å². The normalized spacial score (nSPS) is 10.6. The van der Waals surface area contributed by atoms with Gasteiger partial charge < -0.3 is 4.90 Å². The molecule has 0 radical (unpaired) electrons. The van der Waals surface area contributed by atoms with E-state index in [-0.39, 0.29) is 16.4 Å². The molecule has 2 aromatic carbocycles. The first-order chi connectivity index (χ1) is 11.6. The molecule has 1 heterocycles. The Morgan fingerprint density at radius 3 is 2.46 bits per heavy atom. The van der Waals surface area contributed by atoms with Crippen LogP contribution in [0.15, 0.2) is 65.6 Å². The summed E-state index contributed by atoms with van der Waals surface area (Å²) < 4.78 is 14.2. The molecule has 24 heavy (non-hydrogen) atoms. The quantitative estimate of drug-likeness (QED) is 0.725. The molecule has 0 unspecified atom stereocenters. The fraction of sp³-hybridized carbons (Fsp3) is 0.111. The first-order valence-electron chi connectivity index (χ1n) is 7.35. The molecule has 0 aliphatic rings. The molecule has 3 aromatic rings. The lowest BCUT2D eigenvalue weighted by Crippen LogP contribution is -2.26. The monoisotopic (exact) mass is 343 g/mol. The number of hydrogen-bond acceptors (Lipinski definition) is 3. The van der Waals surface area contributed by atoms with Crippen LogP contribution in [-0.2, 0) is 6.54 Å². The lowest BCUT2D eigenvalue weighted by Gasteiger charge is -2.20. The fourth-order valence-corrected chi connectivity index (χ4v) is 2.67. The van der Waals surface area contributed by atoms with Gasteiger partial charge in [0.1, 0.15) is 10.8 Å². The number of rotatable bonds is 4. The first-order valence-corrected chi connectivity index (χ1v) is 7.73. The molecule has 1 aromatic heterocycles. The number of aromatic nitrogens is 2. The second-order valence-corrected chi connectivity index (χ2v) is 5.76. The van der Waals surface area contributed by atoms with Crippen LogP contribution in [0.3, 0.4) is 0 Å². The van der Waals surface area contributed by atoms with Crippen molar-refractivity contribution in [1.82, 2.24) is 9.78 Å². The van der Waals surface area contributed by atoms with Crippen LogP contribution in [0.5, 0.6) is 0 Å². The molecule has 6 heteroatoms. The smallest absolute Gasteiger partial charge is 0.292 e. The van der Waals surface area contributed by atoms with Crippen LogP contribution in [0.25, 0.3) is 5.69 Å². The molecular formula is C18H15ClFN3O. The number of benzene rings is 2. The second kappa shape index (κ2) is 6.84. The summed E-state index contributed by atoms with van der Waals surface area (Å²) in [6.45, 7) is 0.483. The van der Waals surface area contributed by atoms with E-state index in [1.54, 1.807) is 42.4 Å². The minimum Gasteiger partial charge on any atom is -0.368 e. The standard InChI is InChI=1S/C18H15ClFN3O/c1-22(12-13-7-9-14(20)10-8-13)16-11-21-23(18(24)17(16)19)15-5-3-2-4-6-15/h2-11H,12H2,1H3. The zero-order chi connectivity index (χ0) is 17.1. The molecule has 122 valence electrons. The van der Waals surface area contributed by atoms with Crippen molar-refractivity contribution < 1.29 is 4.39 Å². The van der Waals surface area contributed by atoms with Crippen LogP contribution in [0, 0.1) is 5.82 Å². The third kappa shape index (κ3) is 3.31. The maximum Gasteiger partial charge on any atom is 0.292 e. The summed E-state index contributed by atoms with van der Waals surface area (Å²) in [7, 11) is 1.80. The summed E-state index contributed by atoms with van der Waals surface area (Å²) >= 11 is 6.26. The number of halogens is 2. The molecule has 0 spiro atoms. The van der Waals surface area contributed by atoms with Gasteiger partial charge in [0.25, 0.3) is 5.56 Å². The Labute approximate surface area is 143 Å². The SMILES string of the molecule is CN(Cc1ccc(F)cc1)c1cnn(-c2ccccc2)c(=O)c1Cl. The molecule has 0 saturated carbocycles. The predicted molar refractivity (Wildman–Crippen MR) is 93.4 cm³/mol. The fourth-order valence-electron chi connectivity index (χ4n) is 2.39. The molecule has 0 saturated heterocycles. The van der Waals surface area contributed by atoms with Crippen molar-refractivity contribution >= 4 is 17.3 Å². The second-order valence-electron chi connectivity index (χ2n) is 5.38. The molecular weight excluding hydrogens is 329 g/mol. The van der Waals surface area contributed by atoms with Gasteiger partial charge in [-0.25, -0.2) is 4.39 Å². The highest BCUT2D eigenvalue weighted by Gasteiger charge is 2.14. The van der Waals surface area contributed by atoms with Gasteiger partial charge in [0.05, 0.1) is 17.6 Å². The molecule has 0 bridgehead atoms. The first kappa shape index (κ1) is 16.2. The summed E-state index contributed by atoms with van der Waals surface area (Å²) in [5, 5.41) is 4.30. The Balaban J connectivity index is 1.90. The molecule has 0 N–H and O–H groups in total. The lowest BCUT2D eigenvalue weighted by molar-refractivity contribution is 0.627. The van der Waals surface area contributed by atoms with E-state index < -0.39 is 0 Å². The van der Waals surface area contributed by atoms with E-state index in [9.17, 15) is 9.18 Å². The maximum atomic E-state index is 13.0. The van der Waals surface area contributed by atoms with Crippen molar-refractivity contribution in [2.45, 2.75) is 6.54 Å². The Hall–Kier alpha value is -2.66. The Morgan fingerprint density at radius 2 is 1.79 bits per heavy atom. The van der Waals surface area contributed by atoms with Crippen LogP contribution in [-0.4, -0.2) is 16.8 Å². The average molecular weight is 344 g/mol. The van der Waals surface area contributed by atoms with E-state index >= 15 is 0 Å². The van der Waals surface area contributed by atoms with Gasteiger partial charge in [-0.15, -0.1) is 0 Å². The van der Waals surface area contributed by atoms with E-state index in [0.29, 0.717) is 17.9 Å². The van der Waals surface area contributed by atoms with Crippen molar-refractivity contribution in [1.29, 1.82) is 0 Å². The molecule has 0 fully saturated rings. The molecule has 3 rings (SSSR count). The third-order valence-electron chi connectivity index (χ3n) is 3.65. The summed E-state index contributed by atoms with van der Waals surface area (Å²) in [4.78, 5) is 14.3. The van der Waals surface area contributed by atoms with Crippen molar-refractivity contribution in [2.75, 3.05) is 11.9 Å². The van der Waals surface area contributed by atoms with Crippen LogP contribution in [0.2, 0.25) is 5.02 Å². The van der Waals surface area contributed by atoms with Gasteiger partial charge in [-0.1, -0.05) is 41.9 Å². The number of para-hydroxylation sites is 1. The van der Waals surface area contributed by atoms with Gasteiger partial charge in [-0.3, -0.25) is 4.79 Å². The number of anilines is 1. The van der Waals surface area contributed by atoms with E-state index in [1.807, 2.05) is 18.2 Å². The van der Waals surface area contributed by atoms with Crippen molar-refractivity contribution in [3.63, 3.8) is 0 Å². The van der Waals surface area contributed by atoms with Gasteiger partial charge >= 0.3 is 0 Å². The third-order valence-corrected chi connectivity index (χ3v) is 4.00. The number of nitrogens with zero attached hydrogens (tertiary/aromatic N) is 3. The van der Waals surface area contributed by atoms with Crippen molar-refractivity contribution in [2.24, 2.45) is 0 Å². The van der Waals surface area contributed by atoms with E-state index in [0.717, 1.165) is 5.56 Å². The Morgan fingerprint density at radius 1 is 1.12 bits per heavy atom. The maximum absolute atomic E-state index is 13.0. The van der Waals surface area contributed by atoms with Crippen LogP contribution < -0.4 is 10.5 Å². The average Bonchev–Trinajstić information content (AvgIpc) is 2.60. The van der Waals surface area contributed by atoms with E-state index in [4.69, 9.17) is 11.6 Å². The highest BCUT2D eigenvalue weighted by atomic mass is 35.5. The largest absolute Gasteiger partial charge is 0.368 e. The van der Waals surface area contributed by atoms with Gasteiger partial charge in [0.2, 0.25) is 0 Å².